The molecule has 8 heteroatoms. The largest absolute Gasteiger partial charge is 0.353 e. The Morgan fingerprint density at radius 3 is 2.23 bits per heavy atom. The van der Waals surface area contributed by atoms with Gasteiger partial charge in [0.2, 0.25) is 5.91 Å². The fourth-order valence-corrected chi connectivity index (χ4v) is 5.40. The van der Waals surface area contributed by atoms with Gasteiger partial charge in [0.1, 0.15) is 11.6 Å². The van der Waals surface area contributed by atoms with Gasteiger partial charge in [-0.15, -0.1) is 24.8 Å². The summed E-state index contributed by atoms with van der Waals surface area (Å²) in [5.74, 6) is 3.89. The van der Waals surface area contributed by atoms with Crippen LogP contribution in [0.2, 0.25) is 0 Å². The summed E-state index contributed by atoms with van der Waals surface area (Å²) < 4.78 is 0. The normalized spacial score (nSPS) is 28.6. The second kappa shape index (κ2) is 10.5. The van der Waals surface area contributed by atoms with Gasteiger partial charge >= 0.3 is 0 Å². The Kier molecular flexibility index (Phi) is 8.78. The summed E-state index contributed by atoms with van der Waals surface area (Å²) >= 11 is 0. The quantitative estimate of drug-likeness (QED) is 0.750. The molecule has 1 aromatic rings. The van der Waals surface area contributed by atoms with Crippen molar-refractivity contribution in [2.24, 2.45) is 23.5 Å². The number of fused-ring (bicyclic) bond motifs is 2. The van der Waals surface area contributed by atoms with Crippen molar-refractivity contribution in [1.82, 2.24) is 14.9 Å². The van der Waals surface area contributed by atoms with E-state index in [9.17, 15) is 4.79 Å². The molecule has 2 saturated carbocycles. The molecule has 3 aliphatic rings. The van der Waals surface area contributed by atoms with Crippen molar-refractivity contribution >= 4 is 36.5 Å². The van der Waals surface area contributed by atoms with Crippen LogP contribution in [0, 0.1) is 24.7 Å². The first kappa shape index (κ1) is 25.2. The first-order valence-electron chi connectivity index (χ1n) is 11.1. The van der Waals surface area contributed by atoms with Crippen molar-refractivity contribution in [1.29, 1.82) is 0 Å². The third-order valence-corrected chi connectivity index (χ3v) is 7.05. The van der Waals surface area contributed by atoms with Gasteiger partial charge < -0.3 is 15.5 Å². The van der Waals surface area contributed by atoms with Crippen molar-refractivity contribution in [2.75, 3.05) is 31.1 Å². The number of piperazine rings is 1. The number of carbonyl (C=O) groups excluding carboxylic acids is 1. The Morgan fingerprint density at radius 2 is 1.67 bits per heavy atom. The third-order valence-electron chi connectivity index (χ3n) is 7.05. The zero-order valence-electron chi connectivity index (χ0n) is 18.4. The standard InChI is InChI=1S/C22H35N5O.2ClH/c1-14(2)21-24-15(3)11-19(25-21)26-7-9-27(10-8-26)22(28)18-12-16-5-4-6-17(13-18)20(16)23;;/h11,14,16-18,20H,4-10,12-13,23H2,1-3H3;2*1H. The van der Waals surface area contributed by atoms with Crippen molar-refractivity contribution in [3.63, 3.8) is 0 Å². The van der Waals surface area contributed by atoms with Crippen LogP contribution in [0.25, 0.3) is 0 Å². The van der Waals surface area contributed by atoms with Gasteiger partial charge in [0.15, 0.2) is 0 Å². The van der Waals surface area contributed by atoms with Gasteiger partial charge in [-0.1, -0.05) is 20.3 Å². The molecule has 1 aromatic heterocycles. The van der Waals surface area contributed by atoms with E-state index >= 15 is 0 Å². The number of rotatable bonds is 3. The van der Waals surface area contributed by atoms with Crippen LogP contribution in [-0.4, -0.2) is 53.0 Å². The van der Waals surface area contributed by atoms with Crippen LogP contribution in [0.5, 0.6) is 0 Å². The highest BCUT2D eigenvalue weighted by atomic mass is 35.5. The third kappa shape index (κ3) is 5.20. The fourth-order valence-electron chi connectivity index (χ4n) is 5.40. The molecule has 2 N–H and O–H groups in total. The number of aromatic nitrogens is 2. The number of hydrogen-bond donors (Lipinski definition) is 1. The Balaban J connectivity index is 0.00000160. The molecule has 2 aliphatic carbocycles. The maximum Gasteiger partial charge on any atom is 0.225 e. The van der Waals surface area contributed by atoms with Gasteiger partial charge in [-0.3, -0.25) is 4.79 Å². The molecule has 1 aliphatic heterocycles. The predicted octanol–water partition coefficient (Wildman–Crippen LogP) is 3.55. The SMILES string of the molecule is Cc1cc(N2CCN(C(=O)C3CC4CCCC(C3)C4N)CC2)nc(C(C)C)n1.Cl.Cl. The average Bonchev–Trinajstić information content (AvgIpc) is 2.67. The molecule has 0 spiro atoms. The fraction of sp³-hybridized carbons (Fsp3) is 0.773. The van der Waals surface area contributed by atoms with Crippen molar-refractivity contribution < 1.29 is 4.79 Å². The lowest BCUT2D eigenvalue weighted by Crippen LogP contribution is -2.54. The first-order valence-corrected chi connectivity index (χ1v) is 11.1. The average molecular weight is 458 g/mol. The van der Waals surface area contributed by atoms with Crippen LogP contribution in [0.15, 0.2) is 6.07 Å². The van der Waals surface area contributed by atoms with Gasteiger partial charge in [-0.05, 0) is 44.4 Å². The van der Waals surface area contributed by atoms with Gasteiger partial charge in [0, 0.05) is 55.8 Å². The molecule has 2 bridgehead atoms. The Hall–Kier alpha value is -1.11. The number of nitrogens with two attached hydrogens (primary N) is 1. The van der Waals surface area contributed by atoms with Gasteiger partial charge in [-0.25, -0.2) is 9.97 Å². The Morgan fingerprint density at radius 1 is 1.07 bits per heavy atom. The lowest BCUT2D eigenvalue weighted by atomic mass is 9.65. The van der Waals surface area contributed by atoms with Gasteiger partial charge in [0.25, 0.3) is 0 Å². The topological polar surface area (TPSA) is 75.3 Å². The van der Waals surface area contributed by atoms with Crippen LogP contribution >= 0.6 is 24.8 Å². The minimum absolute atomic E-state index is 0. The highest BCUT2D eigenvalue weighted by Crippen LogP contribution is 2.42. The zero-order chi connectivity index (χ0) is 19.8. The minimum Gasteiger partial charge on any atom is -0.353 e. The van der Waals surface area contributed by atoms with Crippen molar-refractivity contribution in [3.8, 4) is 0 Å². The molecule has 3 fully saturated rings. The summed E-state index contributed by atoms with van der Waals surface area (Å²) in [6.07, 6.45) is 5.71. The molecule has 1 amide bonds. The highest BCUT2D eigenvalue weighted by Gasteiger charge is 2.42. The number of nitrogens with zero attached hydrogens (tertiary/aromatic N) is 4. The van der Waals surface area contributed by atoms with E-state index in [4.69, 9.17) is 10.7 Å². The zero-order valence-corrected chi connectivity index (χ0v) is 20.1. The van der Waals surface area contributed by atoms with E-state index in [-0.39, 0.29) is 30.7 Å². The molecule has 2 atom stereocenters. The van der Waals surface area contributed by atoms with E-state index in [2.05, 4.69) is 34.7 Å². The van der Waals surface area contributed by atoms with Gasteiger partial charge in [-0.2, -0.15) is 0 Å². The number of carbonyl (C=O) groups is 1. The summed E-state index contributed by atoms with van der Waals surface area (Å²) in [7, 11) is 0. The molecule has 170 valence electrons. The summed E-state index contributed by atoms with van der Waals surface area (Å²) in [5, 5.41) is 0. The molecule has 2 unspecified atom stereocenters. The minimum atomic E-state index is 0. The molecule has 0 aromatic carbocycles. The van der Waals surface area contributed by atoms with Gasteiger partial charge in [0.05, 0.1) is 0 Å². The van der Waals surface area contributed by atoms with E-state index in [0.29, 0.717) is 29.7 Å². The Bertz CT molecular complexity index is 709. The molecular formula is C22H37Cl2N5O. The van der Waals surface area contributed by atoms with Crippen molar-refractivity contribution in [2.45, 2.75) is 64.8 Å². The summed E-state index contributed by atoms with van der Waals surface area (Å²) in [4.78, 5) is 26.9. The molecule has 1 saturated heterocycles. The highest BCUT2D eigenvalue weighted by molar-refractivity contribution is 5.85. The second-order valence-corrected chi connectivity index (χ2v) is 9.39. The smallest absolute Gasteiger partial charge is 0.225 e. The van der Waals surface area contributed by atoms with Crippen LogP contribution in [-0.2, 0) is 4.79 Å². The first-order chi connectivity index (χ1) is 13.4. The van der Waals surface area contributed by atoms with E-state index in [1.807, 2.05) is 6.92 Å². The lowest BCUT2D eigenvalue weighted by molar-refractivity contribution is -0.138. The molecule has 6 nitrogen and oxygen atoms in total. The number of aryl methyl sites for hydroxylation is 1. The maximum atomic E-state index is 13.2. The van der Waals surface area contributed by atoms with Crippen LogP contribution in [0.4, 0.5) is 5.82 Å². The van der Waals surface area contributed by atoms with Crippen LogP contribution < -0.4 is 10.6 Å². The van der Waals surface area contributed by atoms with E-state index in [0.717, 1.165) is 56.4 Å². The molecule has 0 radical (unpaired) electrons. The number of hydrogen-bond acceptors (Lipinski definition) is 5. The summed E-state index contributed by atoms with van der Waals surface area (Å²) in [6.45, 7) is 9.55. The number of anilines is 1. The monoisotopic (exact) mass is 457 g/mol. The Labute approximate surface area is 193 Å². The molecule has 30 heavy (non-hydrogen) atoms. The maximum absolute atomic E-state index is 13.2. The molecule has 4 rings (SSSR count). The lowest BCUT2D eigenvalue weighted by Gasteiger charge is -2.45. The molecular weight excluding hydrogens is 421 g/mol. The predicted molar refractivity (Wildman–Crippen MR) is 126 cm³/mol. The molecule has 2 heterocycles. The van der Waals surface area contributed by atoms with Crippen molar-refractivity contribution in [3.05, 3.63) is 17.6 Å². The number of amides is 1. The van der Waals surface area contributed by atoms with E-state index in [1.54, 1.807) is 0 Å². The number of halogens is 2. The second-order valence-electron chi connectivity index (χ2n) is 9.39. The summed E-state index contributed by atoms with van der Waals surface area (Å²) in [5.41, 5.74) is 7.42. The van der Waals surface area contributed by atoms with Crippen LogP contribution in [0.1, 0.15) is 63.4 Å². The summed E-state index contributed by atoms with van der Waals surface area (Å²) in [6, 6.07) is 2.39. The van der Waals surface area contributed by atoms with E-state index < -0.39 is 0 Å². The van der Waals surface area contributed by atoms with E-state index in [1.165, 1.54) is 19.3 Å². The van der Waals surface area contributed by atoms with Crippen LogP contribution in [0.3, 0.4) is 0 Å².